The molecule has 1 atom stereocenters. The Labute approximate surface area is 151 Å². The predicted molar refractivity (Wildman–Crippen MR) is 97.6 cm³/mol. The van der Waals surface area contributed by atoms with Crippen LogP contribution in [-0.4, -0.2) is 37.2 Å². The number of likely N-dealkylation sites (N-methyl/N-ethyl adjacent to an activating group) is 1. The summed E-state index contributed by atoms with van der Waals surface area (Å²) in [6.45, 7) is 0.413. The first-order valence-corrected chi connectivity index (χ1v) is 9.01. The molecule has 0 aliphatic carbocycles. The number of benzene rings is 2. The van der Waals surface area contributed by atoms with Gasteiger partial charge in [-0.25, -0.2) is 8.78 Å². The third-order valence-electron chi connectivity index (χ3n) is 3.76. The molecule has 1 unspecified atom stereocenters. The maximum absolute atomic E-state index is 13.4. The highest BCUT2D eigenvalue weighted by molar-refractivity contribution is 7.99. The number of hydrogen-bond acceptors (Lipinski definition) is 3. The summed E-state index contributed by atoms with van der Waals surface area (Å²) in [5.74, 6) is 0.00256. The number of thioether (sulfide) groups is 1. The van der Waals surface area contributed by atoms with E-state index in [0.717, 1.165) is 10.5 Å². The van der Waals surface area contributed by atoms with E-state index in [0.29, 0.717) is 18.7 Å². The van der Waals surface area contributed by atoms with Crippen LogP contribution in [0.25, 0.3) is 0 Å². The van der Waals surface area contributed by atoms with E-state index in [1.54, 1.807) is 18.2 Å². The largest absolute Gasteiger partial charge is 0.354 e. The summed E-state index contributed by atoms with van der Waals surface area (Å²) in [4.78, 5) is 14.9. The van der Waals surface area contributed by atoms with Gasteiger partial charge in [-0.1, -0.05) is 12.1 Å². The monoisotopic (exact) mass is 364 g/mol. The molecule has 2 aromatic rings. The second-order valence-electron chi connectivity index (χ2n) is 5.89. The Morgan fingerprint density at radius 3 is 2.48 bits per heavy atom. The van der Waals surface area contributed by atoms with Crippen molar-refractivity contribution in [2.75, 3.05) is 26.4 Å². The fourth-order valence-electron chi connectivity index (χ4n) is 2.40. The minimum atomic E-state index is -0.286. The lowest BCUT2D eigenvalue weighted by Gasteiger charge is -2.25. The molecule has 1 amide bonds. The molecule has 0 bridgehead atoms. The van der Waals surface area contributed by atoms with E-state index in [1.807, 2.05) is 25.1 Å². The van der Waals surface area contributed by atoms with Gasteiger partial charge >= 0.3 is 0 Å². The molecule has 25 heavy (non-hydrogen) atoms. The smallest absolute Gasteiger partial charge is 0.220 e. The molecule has 2 rings (SSSR count). The van der Waals surface area contributed by atoms with Crippen LogP contribution in [0.3, 0.4) is 0 Å². The van der Waals surface area contributed by atoms with Gasteiger partial charge in [0.1, 0.15) is 11.6 Å². The van der Waals surface area contributed by atoms with E-state index < -0.39 is 0 Å². The van der Waals surface area contributed by atoms with Gasteiger partial charge in [-0.2, -0.15) is 0 Å². The first kappa shape index (κ1) is 19.4. The summed E-state index contributed by atoms with van der Waals surface area (Å²) in [5.41, 5.74) is 0.825. The number of rotatable bonds is 8. The summed E-state index contributed by atoms with van der Waals surface area (Å²) in [6, 6.07) is 12.5. The van der Waals surface area contributed by atoms with Gasteiger partial charge in [-0.15, -0.1) is 11.8 Å². The van der Waals surface area contributed by atoms with Crippen molar-refractivity contribution in [1.29, 1.82) is 0 Å². The average molecular weight is 364 g/mol. The van der Waals surface area contributed by atoms with Gasteiger partial charge in [0.15, 0.2) is 0 Å². The number of hydrogen-bond donors (Lipinski definition) is 1. The molecule has 6 heteroatoms. The van der Waals surface area contributed by atoms with Crippen molar-refractivity contribution >= 4 is 17.7 Å². The second-order valence-corrected chi connectivity index (χ2v) is 7.06. The van der Waals surface area contributed by atoms with Gasteiger partial charge in [0.25, 0.3) is 0 Å². The average Bonchev–Trinajstić information content (AvgIpc) is 2.56. The zero-order valence-electron chi connectivity index (χ0n) is 14.3. The molecule has 0 fully saturated rings. The first-order valence-electron chi connectivity index (χ1n) is 8.02. The molecular weight excluding hydrogens is 342 g/mol. The molecule has 0 radical (unpaired) electrons. The van der Waals surface area contributed by atoms with Crippen LogP contribution in [0, 0.1) is 11.6 Å². The van der Waals surface area contributed by atoms with Crippen molar-refractivity contribution < 1.29 is 13.6 Å². The van der Waals surface area contributed by atoms with Crippen molar-refractivity contribution in [2.45, 2.75) is 17.4 Å². The third kappa shape index (κ3) is 6.48. The second kappa shape index (κ2) is 9.53. The minimum Gasteiger partial charge on any atom is -0.354 e. The van der Waals surface area contributed by atoms with E-state index in [9.17, 15) is 13.6 Å². The summed E-state index contributed by atoms with van der Waals surface area (Å²) in [5, 5.41) is 2.90. The molecule has 0 aliphatic rings. The molecule has 0 spiro atoms. The van der Waals surface area contributed by atoms with Gasteiger partial charge in [-0.3, -0.25) is 4.79 Å². The van der Waals surface area contributed by atoms with Crippen molar-refractivity contribution in [1.82, 2.24) is 10.2 Å². The van der Waals surface area contributed by atoms with Crippen LogP contribution < -0.4 is 5.32 Å². The van der Waals surface area contributed by atoms with Gasteiger partial charge in [0.2, 0.25) is 5.91 Å². The molecule has 0 saturated heterocycles. The Morgan fingerprint density at radius 1 is 1.12 bits per heavy atom. The summed E-state index contributed by atoms with van der Waals surface area (Å²) in [7, 11) is 3.79. The van der Waals surface area contributed by atoms with Crippen LogP contribution in [-0.2, 0) is 4.79 Å². The van der Waals surface area contributed by atoms with E-state index in [1.165, 1.54) is 36.0 Å². The lowest BCUT2D eigenvalue weighted by atomic mass is 10.1. The maximum atomic E-state index is 13.4. The number of halogens is 2. The molecule has 0 heterocycles. The number of carbonyl (C=O) groups is 1. The van der Waals surface area contributed by atoms with E-state index >= 15 is 0 Å². The molecule has 2 aromatic carbocycles. The van der Waals surface area contributed by atoms with Crippen LogP contribution >= 0.6 is 11.8 Å². The van der Waals surface area contributed by atoms with Crippen molar-refractivity contribution in [3.8, 4) is 0 Å². The normalized spacial score (nSPS) is 12.2. The summed E-state index contributed by atoms with van der Waals surface area (Å²) < 4.78 is 26.3. The van der Waals surface area contributed by atoms with E-state index in [-0.39, 0.29) is 23.6 Å². The van der Waals surface area contributed by atoms with Gasteiger partial charge in [0.05, 0.1) is 6.04 Å². The molecule has 0 saturated carbocycles. The van der Waals surface area contributed by atoms with Crippen molar-refractivity contribution in [3.63, 3.8) is 0 Å². The fraction of sp³-hybridized carbons (Fsp3) is 0.316. The maximum Gasteiger partial charge on any atom is 0.220 e. The lowest BCUT2D eigenvalue weighted by molar-refractivity contribution is -0.120. The third-order valence-corrected chi connectivity index (χ3v) is 4.77. The Hall–Kier alpha value is -1.92. The van der Waals surface area contributed by atoms with Gasteiger partial charge in [0, 0.05) is 23.6 Å². The minimum absolute atomic E-state index is 0.0575. The van der Waals surface area contributed by atoms with Gasteiger partial charge in [-0.05, 0) is 56.1 Å². The zero-order valence-corrected chi connectivity index (χ0v) is 15.2. The van der Waals surface area contributed by atoms with Crippen LogP contribution in [0.2, 0.25) is 0 Å². The fourth-order valence-corrected chi connectivity index (χ4v) is 3.26. The topological polar surface area (TPSA) is 32.3 Å². The molecule has 0 aliphatic heterocycles. The Morgan fingerprint density at radius 2 is 1.84 bits per heavy atom. The van der Waals surface area contributed by atoms with Crippen LogP contribution in [0.15, 0.2) is 53.4 Å². The van der Waals surface area contributed by atoms with Crippen LogP contribution in [0.4, 0.5) is 8.78 Å². The highest BCUT2D eigenvalue weighted by Gasteiger charge is 2.15. The predicted octanol–water partition coefficient (Wildman–Crippen LogP) is 3.87. The highest BCUT2D eigenvalue weighted by atomic mass is 32.2. The molecule has 1 N–H and O–H groups in total. The molecule has 3 nitrogen and oxygen atoms in total. The van der Waals surface area contributed by atoms with Crippen LogP contribution in [0.1, 0.15) is 18.0 Å². The lowest BCUT2D eigenvalue weighted by Crippen LogP contribution is -2.34. The summed E-state index contributed by atoms with van der Waals surface area (Å²) >= 11 is 1.51. The highest BCUT2D eigenvalue weighted by Crippen LogP contribution is 2.20. The Balaban J connectivity index is 1.79. The standard InChI is InChI=1S/C19H22F2N2OS/c1-23(2)18(14-4-3-5-16(21)12-14)13-22-19(24)10-11-25-17-8-6-15(20)7-9-17/h3-9,12,18H,10-11,13H2,1-2H3,(H,22,24). The Kier molecular flexibility index (Phi) is 7.40. The first-order chi connectivity index (χ1) is 12.0. The Bertz CT molecular complexity index is 692. The van der Waals surface area contributed by atoms with Crippen molar-refractivity contribution in [2.24, 2.45) is 0 Å². The molecule has 134 valence electrons. The molecule has 0 aromatic heterocycles. The van der Waals surface area contributed by atoms with Crippen molar-refractivity contribution in [3.05, 3.63) is 65.7 Å². The summed E-state index contributed by atoms with van der Waals surface area (Å²) in [6.07, 6.45) is 0.366. The van der Waals surface area contributed by atoms with Gasteiger partial charge < -0.3 is 10.2 Å². The SMILES string of the molecule is CN(C)C(CNC(=O)CCSc1ccc(F)cc1)c1cccc(F)c1. The number of nitrogens with zero attached hydrogens (tertiary/aromatic N) is 1. The molecular formula is C19H22F2N2OS. The number of amides is 1. The number of carbonyl (C=O) groups excluding carboxylic acids is 1. The van der Waals surface area contributed by atoms with E-state index in [2.05, 4.69) is 5.32 Å². The van der Waals surface area contributed by atoms with E-state index in [4.69, 9.17) is 0 Å². The number of nitrogens with one attached hydrogen (secondary N) is 1. The quantitative estimate of drug-likeness (QED) is 0.722. The zero-order chi connectivity index (χ0) is 18.2. The van der Waals surface area contributed by atoms with Crippen LogP contribution in [0.5, 0.6) is 0 Å².